The Hall–Kier alpha value is -1.86. The number of halogens is 2. The molecule has 0 spiro atoms. The summed E-state index contributed by atoms with van der Waals surface area (Å²) < 4.78 is 12.5. The van der Waals surface area contributed by atoms with Crippen molar-refractivity contribution in [3.8, 4) is 11.5 Å². The Kier molecular flexibility index (Phi) is 6.81. The van der Waals surface area contributed by atoms with Crippen molar-refractivity contribution in [2.75, 3.05) is 13.7 Å². The van der Waals surface area contributed by atoms with Crippen LogP contribution in [0.5, 0.6) is 11.5 Å². The molecule has 0 fully saturated rings. The highest BCUT2D eigenvalue weighted by atomic mass is 79.9. The van der Waals surface area contributed by atoms with Gasteiger partial charge in [-0.3, -0.25) is 4.79 Å². The number of nitrogens with one attached hydrogen (secondary N) is 1. The van der Waals surface area contributed by atoms with Crippen LogP contribution in [0.15, 0.2) is 56.5 Å². The summed E-state index contributed by atoms with van der Waals surface area (Å²) in [6, 6.07) is 13.0. The van der Waals surface area contributed by atoms with Gasteiger partial charge in [0.05, 0.1) is 12.8 Å². The van der Waals surface area contributed by atoms with Crippen LogP contribution in [0.25, 0.3) is 0 Å². The van der Waals surface area contributed by atoms with Crippen molar-refractivity contribution < 1.29 is 14.3 Å². The fourth-order valence-electron chi connectivity index (χ4n) is 1.84. The van der Waals surface area contributed by atoms with Crippen LogP contribution in [-0.4, -0.2) is 25.3 Å². The summed E-state index contributed by atoms with van der Waals surface area (Å²) in [6.45, 7) is 1.66. The number of ether oxygens (including phenoxy) is 2. The molecule has 5 nitrogen and oxygen atoms in total. The molecule has 0 bridgehead atoms. The summed E-state index contributed by atoms with van der Waals surface area (Å²) >= 11 is 6.73. The molecule has 0 radical (unpaired) electrons. The summed E-state index contributed by atoms with van der Waals surface area (Å²) in [4.78, 5) is 11.9. The third-order valence-electron chi connectivity index (χ3n) is 3.09. The number of methoxy groups -OCH3 is 1. The molecule has 0 aromatic heterocycles. The Morgan fingerprint density at radius 3 is 2.42 bits per heavy atom. The molecule has 0 atom stereocenters. The van der Waals surface area contributed by atoms with Crippen molar-refractivity contribution >= 4 is 43.5 Å². The van der Waals surface area contributed by atoms with Crippen LogP contribution in [0.4, 0.5) is 0 Å². The maximum absolute atomic E-state index is 11.9. The lowest BCUT2D eigenvalue weighted by atomic mass is 10.1. The summed E-state index contributed by atoms with van der Waals surface area (Å²) in [5.41, 5.74) is 4.11. The fraction of sp³-hybridized carbons (Fsp3) is 0.176. The highest BCUT2D eigenvalue weighted by molar-refractivity contribution is 9.10. The van der Waals surface area contributed by atoms with Crippen LogP contribution >= 0.6 is 31.9 Å². The van der Waals surface area contributed by atoms with Gasteiger partial charge in [0, 0.05) is 8.95 Å². The Morgan fingerprint density at radius 2 is 1.75 bits per heavy atom. The fourth-order valence-corrected chi connectivity index (χ4v) is 2.44. The quantitative estimate of drug-likeness (QED) is 0.526. The van der Waals surface area contributed by atoms with E-state index in [-0.39, 0.29) is 12.5 Å². The standard InChI is InChI=1S/C17H16Br2N2O3/c1-11(12-3-5-13(18)6-4-12)20-21-17(22)10-24-15-8-7-14(19)9-16(15)23-2/h3-9H,10H2,1-2H3,(H,21,22)/b20-11+. The lowest BCUT2D eigenvalue weighted by molar-refractivity contribution is -0.123. The van der Waals surface area contributed by atoms with Crippen LogP contribution in [0.1, 0.15) is 12.5 Å². The average molecular weight is 456 g/mol. The van der Waals surface area contributed by atoms with Gasteiger partial charge in [-0.25, -0.2) is 5.43 Å². The molecule has 1 amide bonds. The molecule has 126 valence electrons. The third kappa shape index (κ3) is 5.35. The highest BCUT2D eigenvalue weighted by Gasteiger charge is 2.08. The highest BCUT2D eigenvalue weighted by Crippen LogP contribution is 2.30. The zero-order chi connectivity index (χ0) is 17.5. The lowest BCUT2D eigenvalue weighted by Crippen LogP contribution is -2.25. The Balaban J connectivity index is 1.91. The van der Waals surface area contributed by atoms with Gasteiger partial charge in [-0.15, -0.1) is 0 Å². The first-order valence-corrected chi connectivity index (χ1v) is 8.63. The molecule has 0 aliphatic carbocycles. The molecule has 24 heavy (non-hydrogen) atoms. The van der Waals surface area contributed by atoms with E-state index in [1.54, 1.807) is 19.2 Å². The second kappa shape index (κ2) is 8.84. The van der Waals surface area contributed by atoms with Gasteiger partial charge in [0.25, 0.3) is 5.91 Å². The lowest BCUT2D eigenvalue weighted by Gasteiger charge is -2.10. The van der Waals surface area contributed by atoms with Gasteiger partial charge < -0.3 is 9.47 Å². The molecule has 0 aliphatic rings. The number of hydrogen-bond donors (Lipinski definition) is 1. The van der Waals surface area contributed by atoms with Crippen molar-refractivity contribution in [2.45, 2.75) is 6.92 Å². The summed E-state index contributed by atoms with van der Waals surface area (Å²) in [5.74, 6) is 0.688. The van der Waals surface area contributed by atoms with Crippen molar-refractivity contribution in [1.29, 1.82) is 0 Å². The van der Waals surface area contributed by atoms with E-state index in [4.69, 9.17) is 9.47 Å². The minimum Gasteiger partial charge on any atom is -0.493 e. The molecule has 7 heteroatoms. The molecule has 1 N–H and O–H groups in total. The maximum Gasteiger partial charge on any atom is 0.277 e. The summed E-state index contributed by atoms with van der Waals surface area (Å²) in [7, 11) is 1.54. The number of nitrogens with zero attached hydrogens (tertiary/aromatic N) is 1. The second-order valence-electron chi connectivity index (χ2n) is 4.82. The number of hydrazone groups is 1. The van der Waals surface area contributed by atoms with E-state index in [1.807, 2.05) is 37.3 Å². The van der Waals surface area contributed by atoms with Gasteiger partial charge in [-0.1, -0.05) is 44.0 Å². The molecular weight excluding hydrogens is 440 g/mol. The van der Waals surface area contributed by atoms with Crippen LogP contribution in [0, 0.1) is 0 Å². The van der Waals surface area contributed by atoms with Gasteiger partial charge >= 0.3 is 0 Å². The van der Waals surface area contributed by atoms with Crippen molar-refractivity contribution in [3.63, 3.8) is 0 Å². The first-order chi connectivity index (χ1) is 11.5. The zero-order valence-corrected chi connectivity index (χ0v) is 16.3. The molecule has 0 unspecified atom stereocenters. The van der Waals surface area contributed by atoms with Gasteiger partial charge in [-0.2, -0.15) is 5.10 Å². The van der Waals surface area contributed by atoms with Crippen LogP contribution in [0.2, 0.25) is 0 Å². The van der Waals surface area contributed by atoms with Gasteiger partial charge in [0.1, 0.15) is 0 Å². The number of hydrogen-bond acceptors (Lipinski definition) is 4. The molecule has 2 aromatic rings. The minimum absolute atomic E-state index is 0.158. The Labute approximate surface area is 157 Å². The SMILES string of the molecule is COc1cc(Br)ccc1OCC(=O)N/N=C(\C)c1ccc(Br)cc1. The summed E-state index contributed by atoms with van der Waals surface area (Å²) in [6.07, 6.45) is 0. The van der Waals surface area contributed by atoms with Crippen LogP contribution < -0.4 is 14.9 Å². The van der Waals surface area contributed by atoms with E-state index in [2.05, 4.69) is 42.4 Å². The van der Waals surface area contributed by atoms with E-state index < -0.39 is 0 Å². The maximum atomic E-state index is 11.9. The second-order valence-corrected chi connectivity index (χ2v) is 6.65. The van der Waals surface area contributed by atoms with Crippen LogP contribution in [0.3, 0.4) is 0 Å². The normalized spacial score (nSPS) is 11.1. The zero-order valence-electron chi connectivity index (χ0n) is 13.2. The number of benzene rings is 2. The molecule has 2 rings (SSSR count). The Bertz CT molecular complexity index is 746. The van der Waals surface area contributed by atoms with E-state index in [9.17, 15) is 4.79 Å². The molecule has 0 saturated carbocycles. The van der Waals surface area contributed by atoms with Crippen molar-refractivity contribution in [3.05, 3.63) is 57.0 Å². The van der Waals surface area contributed by atoms with Gasteiger partial charge in [0.15, 0.2) is 18.1 Å². The predicted octanol–water partition coefficient (Wildman–Crippen LogP) is 4.14. The van der Waals surface area contributed by atoms with Gasteiger partial charge in [0.2, 0.25) is 0 Å². The van der Waals surface area contributed by atoms with E-state index >= 15 is 0 Å². The monoisotopic (exact) mass is 454 g/mol. The molecule has 0 saturated heterocycles. The number of amides is 1. The summed E-state index contributed by atoms with van der Waals surface area (Å²) in [5, 5.41) is 4.08. The van der Waals surface area contributed by atoms with E-state index in [0.717, 1.165) is 14.5 Å². The Morgan fingerprint density at radius 1 is 1.08 bits per heavy atom. The largest absolute Gasteiger partial charge is 0.493 e. The number of carbonyl (C=O) groups excluding carboxylic acids is 1. The first kappa shape index (κ1) is 18.5. The molecule has 2 aromatic carbocycles. The molecule has 0 aliphatic heterocycles. The first-order valence-electron chi connectivity index (χ1n) is 7.05. The minimum atomic E-state index is -0.351. The van der Waals surface area contributed by atoms with Crippen LogP contribution in [-0.2, 0) is 4.79 Å². The average Bonchev–Trinajstić information content (AvgIpc) is 2.59. The van der Waals surface area contributed by atoms with Gasteiger partial charge in [-0.05, 0) is 42.8 Å². The van der Waals surface area contributed by atoms with Crippen molar-refractivity contribution in [2.24, 2.45) is 5.10 Å². The number of rotatable bonds is 6. The van der Waals surface area contributed by atoms with E-state index in [0.29, 0.717) is 17.2 Å². The molecular formula is C17H16Br2N2O3. The smallest absolute Gasteiger partial charge is 0.277 e. The predicted molar refractivity (Wildman–Crippen MR) is 101 cm³/mol. The topological polar surface area (TPSA) is 59.9 Å². The van der Waals surface area contributed by atoms with E-state index in [1.165, 1.54) is 0 Å². The van der Waals surface area contributed by atoms with Crippen molar-refractivity contribution in [1.82, 2.24) is 5.43 Å². The molecule has 0 heterocycles. The number of carbonyl (C=O) groups is 1. The third-order valence-corrected chi connectivity index (χ3v) is 4.12.